The zero-order valence-corrected chi connectivity index (χ0v) is 11.5. The van der Waals surface area contributed by atoms with Crippen LogP contribution in [0.2, 0.25) is 0 Å². The summed E-state index contributed by atoms with van der Waals surface area (Å²) >= 11 is 0. The molecule has 0 saturated carbocycles. The number of carboxylic acids is 1. The Kier molecular flexibility index (Phi) is 3.90. The first-order chi connectivity index (χ1) is 9.02. The minimum absolute atomic E-state index is 0.179. The first kappa shape index (κ1) is 13.6. The van der Waals surface area contributed by atoms with E-state index in [0.717, 1.165) is 23.0 Å². The fraction of sp³-hybridized carbons (Fsp3) is 0.400. The van der Waals surface area contributed by atoms with Crippen molar-refractivity contribution in [3.63, 3.8) is 0 Å². The third-order valence-electron chi connectivity index (χ3n) is 3.12. The maximum Gasteiger partial charge on any atom is 0.335 e. The van der Waals surface area contributed by atoms with Crippen LogP contribution >= 0.6 is 0 Å². The highest BCUT2D eigenvalue weighted by molar-refractivity contribution is 5.94. The lowest BCUT2D eigenvalue weighted by molar-refractivity contribution is 0.0663. The topological polar surface area (TPSA) is 51.5 Å². The van der Waals surface area contributed by atoms with E-state index >= 15 is 0 Å². The van der Waals surface area contributed by atoms with Gasteiger partial charge in [-0.25, -0.2) is 4.79 Å². The van der Waals surface area contributed by atoms with Gasteiger partial charge in [0, 0.05) is 29.2 Å². The summed E-state index contributed by atoms with van der Waals surface area (Å²) in [7, 11) is 0. The summed E-state index contributed by atoms with van der Waals surface area (Å²) < 4.78 is 7.70. The third kappa shape index (κ3) is 2.79. The lowest BCUT2D eigenvalue weighted by Crippen LogP contribution is -2.01. The molecule has 102 valence electrons. The molecule has 4 nitrogen and oxygen atoms in total. The molecule has 4 heteroatoms. The van der Waals surface area contributed by atoms with Crippen molar-refractivity contribution in [3.8, 4) is 0 Å². The molecule has 1 aromatic heterocycles. The summed E-state index contributed by atoms with van der Waals surface area (Å²) in [5, 5.41) is 10.1. The van der Waals surface area contributed by atoms with Crippen molar-refractivity contribution in [2.75, 3.05) is 0 Å². The maximum atomic E-state index is 11.0. The van der Waals surface area contributed by atoms with Gasteiger partial charge in [-0.15, -0.1) is 0 Å². The number of ether oxygens (including phenoxy) is 1. The molecule has 0 fully saturated rings. The van der Waals surface area contributed by atoms with E-state index in [1.165, 1.54) is 0 Å². The number of fused-ring (bicyclic) bond motifs is 1. The molecule has 0 atom stereocenters. The number of hydrogen-bond acceptors (Lipinski definition) is 2. The van der Waals surface area contributed by atoms with Gasteiger partial charge in [0.25, 0.3) is 0 Å². The van der Waals surface area contributed by atoms with Crippen LogP contribution in [0, 0.1) is 0 Å². The van der Waals surface area contributed by atoms with Gasteiger partial charge in [0.2, 0.25) is 0 Å². The van der Waals surface area contributed by atoms with Crippen molar-refractivity contribution in [1.29, 1.82) is 0 Å². The van der Waals surface area contributed by atoms with Crippen LogP contribution in [0.25, 0.3) is 10.9 Å². The van der Waals surface area contributed by atoms with Crippen molar-refractivity contribution < 1.29 is 14.6 Å². The van der Waals surface area contributed by atoms with Gasteiger partial charge in [-0.3, -0.25) is 0 Å². The molecule has 0 spiro atoms. The van der Waals surface area contributed by atoms with Crippen LogP contribution in [-0.4, -0.2) is 21.7 Å². The van der Waals surface area contributed by atoms with Gasteiger partial charge in [-0.05, 0) is 32.9 Å². The maximum absolute atomic E-state index is 11.0. The number of aromatic nitrogens is 1. The number of aromatic carboxylic acids is 1. The van der Waals surface area contributed by atoms with E-state index in [2.05, 4.69) is 4.57 Å². The van der Waals surface area contributed by atoms with E-state index in [1.807, 2.05) is 33.0 Å². The van der Waals surface area contributed by atoms with Crippen LogP contribution in [0.3, 0.4) is 0 Å². The number of rotatable bonds is 5. The fourth-order valence-electron chi connectivity index (χ4n) is 2.13. The molecule has 0 aliphatic carbocycles. The lowest BCUT2D eigenvalue weighted by atomic mass is 10.1. The first-order valence-corrected chi connectivity index (χ1v) is 6.49. The highest BCUT2D eigenvalue weighted by Crippen LogP contribution is 2.24. The molecule has 0 saturated heterocycles. The normalized spacial score (nSPS) is 11.4. The second-order valence-corrected chi connectivity index (χ2v) is 4.84. The molecule has 0 aliphatic heterocycles. The Labute approximate surface area is 112 Å². The molecule has 2 rings (SSSR count). The molecular formula is C15H19NO3. The zero-order valence-electron chi connectivity index (χ0n) is 11.5. The first-order valence-electron chi connectivity index (χ1n) is 6.49. The molecule has 0 aliphatic rings. The average molecular weight is 261 g/mol. The summed E-state index contributed by atoms with van der Waals surface area (Å²) in [4.78, 5) is 11.0. The third-order valence-corrected chi connectivity index (χ3v) is 3.12. The van der Waals surface area contributed by atoms with Gasteiger partial charge < -0.3 is 14.4 Å². The zero-order chi connectivity index (χ0) is 14.0. The average Bonchev–Trinajstić information content (AvgIpc) is 2.73. The smallest absolute Gasteiger partial charge is 0.335 e. The largest absolute Gasteiger partial charge is 0.478 e. The van der Waals surface area contributed by atoms with Crippen molar-refractivity contribution in [2.45, 2.75) is 40.0 Å². The number of hydrogen-bond donors (Lipinski definition) is 1. The van der Waals surface area contributed by atoms with Gasteiger partial charge in [0.1, 0.15) is 0 Å². The van der Waals surface area contributed by atoms with Gasteiger partial charge in [-0.1, -0.05) is 6.07 Å². The highest BCUT2D eigenvalue weighted by atomic mass is 16.5. The molecule has 0 radical (unpaired) electrons. The van der Waals surface area contributed by atoms with Crippen LogP contribution in [0.5, 0.6) is 0 Å². The number of nitrogens with zero attached hydrogens (tertiary/aromatic N) is 1. The van der Waals surface area contributed by atoms with Crippen molar-refractivity contribution >= 4 is 16.9 Å². The highest BCUT2D eigenvalue weighted by Gasteiger charge is 2.11. The summed E-state index contributed by atoms with van der Waals surface area (Å²) in [6, 6.07) is 5.23. The minimum atomic E-state index is -0.897. The lowest BCUT2D eigenvalue weighted by Gasteiger charge is -2.06. The Hall–Kier alpha value is -1.81. The Balaban J connectivity index is 2.46. The van der Waals surface area contributed by atoms with Gasteiger partial charge in [0.05, 0.1) is 18.3 Å². The number of carboxylic acid groups (broad SMARTS) is 1. The van der Waals surface area contributed by atoms with Crippen LogP contribution in [0.1, 0.15) is 36.7 Å². The number of carbonyl (C=O) groups is 1. The summed E-state index contributed by atoms with van der Waals surface area (Å²) in [6.45, 7) is 7.40. The van der Waals surface area contributed by atoms with Crippen LogP contribution in [0.4, 0.5) is 0 Å². The van der Waals surface area contributed by atoms with E-state index in [-0.39, 0.29) is 6.10 Å². The second kappa shape index (κ2) is 5.45. The number of aryl methyl sites for hydroxylation is 1. The summed E-state index contributed by atoms with van der Waals surface area (Å²) in [5.74, 6) is -0.897. The standard InChI is InChI=1S/C15H19NO3/c1-4-16-8-12(9-19-10(2)3)13-6-5-11(15(17)18)7-14(13)16/h5-8,10H,4,9H2,1-3H3,(H,17,18). The monoisotopic (exact) mass is 261 g/mol. The Bertz CT molecular complexity index is 599. The predicted octanol–water partition coefficient (Wildman–Crippen LogP) is 3.28. The second-order valence-electron chi connectivity index (χ2n) is 4.84. The molecule has 19 heavy (non-hydrogen) atoms. The van der Waals surface area contributed by atoms with Gasteiger partial charge in [-0.2, -0.15) is 0 Å². The van der Waals surface area contributed by atoms with Gasteiger partial charge >= 0.3 is 5.97 Å². The quantitative estimate of drug-likeness (QED) is 0.898. The van der Waals surface area contributed by atoms with Crippen LogP contribution in [-0.2, 0) is 17.9 Å². The Morgan fingerprint density at radius 2 is 2.16 bits per heavy atom. The molecule has 0 unspecified atom stereocenters. The van der Waals surface area contributed by atoms with Gasteiger partial charge in [0.15, 0.2) is 0 Å². The summed E-state index contributed by atoms with van der Waals surface area (Å²) in [5.41, 5.74) is 2.36. The molecular weight excluding hydrogens is 242 g/mol. The minimum Gasteiger partial charge on any atom is -0.478 e. The van der Waals surface area contributed by atoms with E-state index in [4.69, 9.17) is 9.84 Å². The van der Waals surface area contributed by atoms with E-state index < -0.39 is 5.97 Å². The molecule has 0 bridgehead atoms. The van der Waals surface area contributed by atoms with E-state index in [1.54, 1.807) is 12.1 Å². The fourth-order valence-corrected chi connectivity index (χ4v) is 2.13. The van der Waals surface area contributed by atoms with Crippen molar-refractivity contribution in [1.82, 2.24) is 4.57 Å². The van der Waals surface area contributed by atoms with E-state index in [0.29, 0.717) is 12.2 Å². The Morgan fingerprint density at radius 3 is 2.74 bits per heavy atom. The SMILES string of the molecule is CCn1cc(COC(C)C)c2ccc(C(=O)O)cc21. The Morgan fingerprint density at radius 1 is 1.42 bits per heavy atom. The summed E-state index contributed by atoms with van der Waals surface area (Å²) in [6.07, 6.45) is 2.22. The van der Waals surface area contributed by atoms with Crippen molar-refractivity contribution in [3.05, 3.63) is 35.5 Å². The molecule has 1 heterocycles. The molecule has 2 aromatic rings. The van der Waals surface area contributed by atoms with Crippen molar-refractivity contribution in [2.24, 2.45) is 0 Å². The molecule has 1 aromatic carbocycles. The van der Waals surface area contributed by atoms with Crippen LogP contribution in [0.15, 0.2) is 24.4 Å². The van der Waals surface area contributed by atoms with Crippen LogP contribution < -0.4 is 0 Å². The molecule has 0 amide bonds. The number of benzene rings is 1. The van der Waals surface area contributed by atoms with E-state index in [9.17, 15) is 4.79 Å². The molecule has 1 N–H and O–H groups in total. The predicted molar refractivity (Wildman–Crippen MR) is 74.5 cm³/mol.